The number of hydrogen-bond donors (Lipinski definition) is 0. The molecule has 0 fully saturated rings. The third kappa shape index (κ3) is 4.67. The molecule has 0 aliphatic heterocycles. The molecule has 0 N–H and O–H groups in total. The fourth-order valence-electron chi connectivity index (χ4n) is 0.392. The predicted octanol–water partition coefficient (Wildman–Crippen LogP) is 2.23. The van der Waals surface area contributed by atoms with E-state index in [-0.39, 0.29) is 0 Å². The van der Waals surface area contributed by atoms with Gasteiger partial charge in [-0.05, 0) is 41.8 Å². The summed E-state index contributed by atoms with van der Waals surface area (Å²) in [5.41, 5.74) is 0. The zero-order valence-corrected chi connectivity index (χ0v) is 9.27. The van der Waals surface area contributed by atoms with Crippen LogP contribution >= 0.6 is 12.1 Å². The van der Waals surface area contributed by atoms with Crippen molar-refractivity contribution in [3.63, 3.8) is 0 Å². The summed E-state index contributed by atoms with van der Waals surface area (Å²) in [6, 6.07) is 1.20. The Morgan fingerprint density at radius 2 is 1.09 bits per heavy atom. The van der Waals surface area contributed by atoms with E-state index in [0.717, 1.165) is 0 Å². The molecule has 0 rings (SSSR count). The predicted molar refractivity (Wildman–Crippen MR) is 53.4 cm³/mol. The second-order valence-corrected chi connectivity index (χ2v) is 4.68. The molecule has 0 heterocycles. The van der Waals surface area contributed by atoms with Gasteiger partial charge in [0.1, 0.15) is 0 Å². The first-order valence-corrected chi connectivity index (χ1v) is 4.82. The van der Waals surface area contributed by atoms with Crippen LogP contribution in [0.25, 0.3) is 0 Å². The Morgan fingerprint density at radius 1 is 0.818 bits per heavy atom. The summed E-state index contributed by atoms with van der Waals surface area (Å²) in [4.78, 5) is 0. The average molecular weight is 176 g/mol. The summed E-state index contributed by atoms with van der Waals surface area (Å²) in [6.45, 7) is 8.78. The maximum atomic E-state index is 2.25. The summed E-state index contributed by atoms with van der Waals surface area (Å²) in [7, 11) is 4.24. The van der Waals surface area contributed by atoms with Gasteiger partial charge in [0.15, 0.2) is 0 Å². The minimum absolute atomic E-state index is 0.598. The van der Waals surface area contributed by atoms with Crippen LogP contribution in [0.3, 0.4) is 0 Å². The summed E-state index contributed by atoms with van der Waals surface area (Å²) in [5, 5.41) is 0. The zero-order chi connectivity index (χ0) is 9.02. The van der Waals surface area contributed by atoms with Crippen molar-refractivity contribution >= 4 is 12.1 Å². The van der Waals surface area contributed by atoms with E-state index in [4.69, 9.17) is 0 Å². The second-order valence-electron chi connectivity index (χ2n) is 3.36. The first-order chi connectivity index (χ1) is 4.95. The van der Waals surface area contributed by atoms with Gasteiger partial charge in [0.25, 0.3) is 0 Å². The standard InChI is InChI=1S/C8H20N2S/c1-7(2)9(5)11-10(6)8(3)4/h7-8H,1-6H3. The lowest BCUT2D eigenvalue weighted by atomic mass is 10.4. The van der Waals surface area contributed by atoms with Gasteiger partial charge in [-0.2, -0.15) is 0 Å². The van der Waals surface area contributed by atoms with Gasteiger partial charge in [-0.3, -0.25) is 0 Å². The summed E-state index contributed by atoms with van der Waals surface area (Å²) >= 11 is 1.78. The average Bonchev–Trinajstić information content (AvgIpc) is 1.87. The highest BCUT2D eigenvalue weighted by molar-refractivity contribution is 7.94. The van der Waals surface area contributed by atoms with Crippen molar-refractivity contribution in [2.45, 2.75) is 39.8 Å². The second kappa shape index (κ2) is 5.01. The molecule has 11 heavy (non-hydrogen) atoms. The Balaban J connectivity index is 3.66. The van der Waals surface area contributed by atoms with Gasteiger partial charge in [0.05, 0.1) is 0 Å². The number of hydrogen-bond acceptors (Lipinski definition) is 3. The van der Waals surface area contributed by atoms with Crippen molar-refractivity contribution in [2.75, 3.05) is 14.1 Å². The van der Waals surface area contributed by atoms with Gasteiger partial charge in [0.2, 0.25) is 0 Å². The first kappa shape index (κ1) is 11.3. The molecule has 0 saturated carbocycles. The van der Waals surface area contributed by atoms with Crippen LogP contribution in [0.15, 0.2) is 0 Å². The molecule has 0 radical (unpaired) electrons. The molecule has 0 aromatic rings. The minimum atomic E-state index is 0.598. The smallest absolute Gasteiger partial charge is 0.0154 e. The van der Waals surface area contributed by atoms with Crippen molar-refractivity contribution < 1.29 is 0 Å². The van der Waals surface area contributed by atoms with Gasteiger partial charge in [-0.15, -0.1) is 0 Å². The SMILES string of the molecule is CC(C)N(C)SN(C)C(C)C. The monoisotopic (exact) mass is 176 g/mol. The third-order valence-corrected chi connectivity index (χ3v) is 3.07. The van der Waals surface area contributed by atoms with Crippen LogP contribution in [-0.2, 0) is 0 Å². The van der Waals surface area contributed by atoms with Crippen molar-refractivity contribution in [3.8, 4) is 0 Å². The fourth-order valence-corrected chi connectivity index (χ4v) is 1.18. The van der Waals surface area contributed by atoms with Gasteiger partial charge in [0, 0.05) is 24.2 Å². The Bertz CT molecular complexity index is 92.3. The summed E-state index contributed by atoms with van der Waals surface area (Å²) in [5.74, 6) is 0. The summed E-state index contributed by atoms with van der Waals surface area (Å²) < 4.78 is 4.50. The van der Waals surface area contributed by atoms with E-state index in [0.29, 0.717) is 12.1 Å². The molecule has 0 bridgehead atoms. The molecule has 68 valence electrons. The van der Waals surface area contributed by atoms with E-state index < -0.39 is 0 Å². The molecule has 2 nitrogen and oxygen atoms in total. The van der Waals surface area contributed by atoms with Gasteiger partial charge in [-0.25, -0.2) is 8.61 Å². The molecule has 0 atom stereocenters. The highest BCUT2D eigenvalue weighted by Crippen LogP contribution is 2.16. The van der Waals surface area contributed by atoms with E-state index in [1.165, 1.54) is 0 Å². The van der Waals surface area contributed by atoms with E-state index in [1.54, 1.807) is 12.1 Å². The van der Waals surface area contributed by atoms with E-state index in [1.807, 2.05) is 0 Å². The van der Waals surface area contributed by atoms with Crippen LogP contribution in [0.5, 0.6) is 0 Å². The Hall–Kier alpha value is 0.270. The third-order valence-electron chi connectivity index (χ3n) is 1.71. The molecular weight excluding hydrogens is 156 g/mol. The highest BCUT2D eigenvalue weighted by atomic mass is 32.2. The minimum Gasteiger partial charge on any atom is -0.238 e. The number of rotatable bonds is 4. The van der Waals surface area contributed by atoms with E-state index >= 15 is 0 Å². The normalized spacial score (nSPS) is 12.5. The quantitative estimate of drug-likeness (QED) is 0.607. The van der Waals surface area contributed by atoms with Crippen LogP contribution in [0.1, 0.15) is 27.7 Å². The van der Waals surface area contributed by atoms with Crippen LogP contribution in [0, 0.1) is 0 Å². The molecule has 0 amide bonds. The maximum absolute atomic E-state index is 2.25. The number of nitrogens with zero attached hydrogens (tertiary/aromatic N) is 2. The van der Waals surface area contributed by atoms with Crippen molar-refractivity contribution in [1.82, 2.24) is 8.61 Å². The van der Waals surface area contributed by atoms with Crippen molar-refractivity contribution in [3.05, 3.63) is 0 Å². The Morgan fingerprint density at radius 3 is 1.27 bits per heavy atom. The van der Waals surface area contributed by atoms with Crippen LogP contribution in [0.2, 0.25) is 0 Å². The lowest BCUT2D eigenvalue weighted by Gasteiger charge is -2.27. The lowest BCUT2D eigenvalue weighted by molar-refractivity contribution is 0.407. The molecule has 0 aliphatic carbocycles. The molecular formula is C8H20N2S. The summed E-state index contributed by atoms with van der Waals surface area (Å²) in [6.07, 6.45) is 0. The van der Waals surface area contributed by atoms with Gasteiger partial charge in [-0.1, -0.05) is 0 Å². The molecule has 0 aromatic heterocycles. The van der Waals surface area contributed by atoms with Crippen LogP contribution < -0.4 is 0 Å². The topological polar surface area (TPSA) is 6.48 Å². The molecule has 0 spiro atoms. The fraction of sp³-hybridized carbons (Fsp3) is 1.00. The Labute approximate surface area is 75.2 Å². The molecule has 3 heteroatoms. The van der Waals surface area contributed by atoms with Crippen molar-refractivity contribution in [2.24, 2.45) is 0 Å². The maximum Gasteiger partial charge on any atom is 0.0154 e. The Kier molecular flexibility index (Phi) is 5.13. The van der Waals surface area contributed by atoms with Crippen molar-refractivity contribution in [1.29, 1.82) is 0 Å². The largest absolute Gasteiger partial charge is 0.238 e. The van der Waals surface area contributed by atoms with E-state index in [2.05, 4.69) is 50.4 Å². The van der Waals surface area contributed by atoms with Crippen LogP contribution in [-0.4, -0.2) is 34.8 Å². The molecule has 0 aliphatic rings. The van der Waals surface area contributed by atoms with Gasteiger partial charge >= 0.3 is 0 Å². The molecule has 0 aromatic carbocycles. The lowest BCUT2D eigenvalue weighted by Crippen LogP contribution is -2.28. The molecule has 0 unspecified atom stereocenters. The van der Waals surface area contributed by atoms with Gasteiger partial charge < -0.3 is 0 Å². The molecule has 0 saturated heterocycles. The first-order valence-electron chi connectivity index (χ1n) is 4.09. The van der Waals surface area contributed by atoms with Crippen LogP contribution in [0.4, 0.5) is 0 Å². The zero-order valence-electron chi connectivity index (χ0n) is 8.46. The van der Waals surface area contributed by atoms with E-state index in [9.17, 15) is 0 Å². The highest BCUT2D eigenvalue weighted by Gasteiger charge is 2.09.